The minimum Gasteiger partial charge on any atom is -0.464 e. The first-order chi connectivity index (χ1) is 10.8. The van der Waals surface area contributed by atoms with Crippen molar-refractivity contribution >= 4 is 28.4 Å². The molecule has 3 aromatic heterocycles. The minimum absolute atomic E-state index is 0.223. The van der Waals surface area contributed by atoms with Crippen LogP contribution in [-0.4, -0.2) is 20.2 Å². The van der Waals surface area contributed by atoms with Crippen LogP contribution < -0.4 is 11.1 Å². The number of hydrogen-bond donors (Lipinski definition) is 3. The van der Waals surface area contributed by atoms with E-state index in [-0.39, 0.29) is 5.95 Å². The molecule has 0 bridgehead atoms. The van der Waals surface area contributed by atoms with E-state index in [2.05, 4.69) is 25.5 Å². The monoisotopic (exact) mass is 292 g/mol. The lowest BCUT2D eigenvalue weighted by Crippen LogP contribution is -1.99. The summed E-state index contributed by atoms with van der Waals surface area (Å²) in [6.07, 6.45) is 5.01. The predicted molar refractivity (Wildman–Crippen MR) is 83.5 cm³/mol. The van der Waals surface area contributed by atoms with Crippen LogP contribution in [0.15, 0.2) is 53.4 Å². The highest BCUT2D eigenvalue weighted by Crippen LogP contribution is 2.32. The fourth-order valence-electron chi connectivity index (χ4n) is 2.35. The lowest BCUT2D eigenvalue weighted by molar-refractivity contribution is 0.583. The topological polar surface area (TPSA) is 106 Å². The molecule has 0 radical (unpaired) electrons. The maximum Gasteiger partial charge on any atom is 0.221 e. The lowest BCUT2D eigenvalue weighted by Gasteiger charge is -2.08. The van der Waals surface area contributed by atoms with Gasteiger partial charge in [0.05, 0.1) is 18.0 Å². The summed E-state index contributed by atoms with van der Waals surface area (Å²) in [6.45, 7) is 0. The Morgan fingerprint density at radius 1 is 1.23 bits per heavy atom. The number of nitrogens with two attached hydrogens (primary N) is 1. The van der Waals surface area contributed by atoms with Crippen LogP contribution in [0.25, 0.3) is 22.2 Å². The fourth-order valence-corrected chi connectivity index (χ4v) is 2.35. The van der Waals surface area contributed by atoms with Gasteiger partial charge in [-0.05, 0) is 30.3 Å². The zero-order valence-corrected chi connectivity index (χ0v) is 11.4. The number of fused-ring (bicyclic) bond motifs is 1. The van der Waals surface area contributed by atoms with E-state index >= 15 is 0 Å². The van der Waals surface area contributed by atoms with Crippen LogP contribution >= 0.6 is 0 Å². The smallest absolute Gasteiger partial charge is 0.221 e. The number of rotatable bonds is 3. The lowest BCUT2D eigenvalue weighted by atomic mass is 10.1. The van der Waals surface area contributed by atoms with Crippen molar-refractivity contribution in [2.45, 2.75) is 0 Å². The molecule has 0 aliphatic rings. The highest BCUT2D eigenvalue weighted by atomic mass is 16.3. The number of H-pyrrole nitrogens is 1. The molecular formula is C15H12N6O. The largest absolute Gasteiger partial charge is 0.464 e. The maximum absolute atomic E-state index is 5.60. The average molecular weight is 292 g/mol. The molecule has 0 unspecified atom stereocenters. The quantitative estimate of drug-likeness (QED) is 0.536. The number of hydrogen-bond acceptors (Lipinski definition) is 6. The fraction of sp³-hybridized carbons (Fsp3) is 0. The summed E-state index contributed by atoms with van der Waals surface area (Å²) in [5.74, 6) is 1.61. The Bertz CT molecular complexity index is 928. The molecule has 7 heteroatoms. The molecule has 1 aromatic carbocycles. The molecule has 4 N–H and O–H groups in total. The maximum atomic E-state index is 5.60. The Balaban J connectivity index is 1.82. The van der Waals surface area contributed by atoms with Crippen molar-refractivity contribution in [2.75, 3.05) is 11.1 Å². The van der Waals surface area contributed by atoms with Gasteiger partial charge in [0.25, 0.3) is 0 Å². The third kappa shape index (κ3) is 2.14. The van der Waals surface area contributed by atoms with Crippen molar-refractivity contribution in [1.82, 2.24) is 20.2 Å². The number of benzene rings is 1. The Morgan fingerprint density at radius 3 is 3.00 bits per heavy atom. The first kappa shape index (κ1) is 12.4. The minimum atomic E-state index is 0.223. The third-order valence-corrected chi connectivity index (χ3v) is 3.28. The molecule has 0 aliphatic heterocycles. The first-order valence-corrected chi connectivity index (χ1v) is 6.66. The van der Waals surface area contributed by atoms with Crippen LogP contribution in [0.1, 0.15) is 0 Å². The van der Waals surface area contributed by atoms with Gasteiger partial charge < -0.3 is 15.5 Å². The van der Waals surface area contributed by atoms with Crippen molar-refractivity contribution in [3.8, 4) is 11.3 Å². The Morgan fingerprint density at radius 2 is 2.18 bits per heavy atom. The van der Waals surface area contributed by atoms with Crippen LogP contribution in [0.3, 0.4) is 0 Å². The molecular weight excluding hydrogens is 280 g/mol. The number of nitrogens with zero attached hydrogens (tertiary/aromatic N) is 3. The molecule has 0 saturated carbocycles. The summed E-state index contributed by atoms with van der Waals surface area (Å²) in [6, 6.07) is 9.45. The van der Waals surface area contributed by atoms with Crippen LogP contribution in [0.5, 0.6) is 0 Å². The number of furan rings is 1. The molecule has 4 rings (SSSR count). The van der Waals surface area contributed by atoms with E-state index in [0.717, 1.165) is 27.9 Å². The molecule has 0 amide bonds. The summed E-state index contributed by atoms with van der Waals surface area (Å²) in [4.78, 5) is 8.02. The average Bonchev–Trinajstić information content (AvgIpc) is 3.18. The first-order valence-electron chi connectivity index (χ1n) is 6.66. The number of nitrogens with one attached hydrogen (secondary N) is 2. The number of nitrogen functional groups attached to an aromatic ring is 1. The van der Waals surface area contributed by atoms with Crippen molar-refractivity contribution in [1.29, 1.82) is 0 Å². The van der Waals surface area contributed by atoms with Gasteiger partial charge in [-0.3, -0.25) is 5.10 Å². The summed E-state index contributed by atoms with van der Waals surface area (Å²) in [7, 11) is 0. The van der Waals surface area contributed by atoms with Gasteiger partial charge in [-0.1, -0.05) is 0 Å². The Labute approximate surface area is 125 Å². The van der Waals surface area contributed by atoms with E-state index in [1.54, 1.807) is 24.7 Å². The van der Waals surface area contributed by atoms with Gasteiger partial charge in [0.2, 0.25) is 5.95 Å². The molecule has 0 atom stereocenters. The highest BCUT2D eigenvalue weighted by molar-refractivity contribution is 5.95. The molecule has 0 fully saturated rings. The van der Waals surface area contributed by atoms with E-state index < -0.39 is 0 Å². The van der Waals surface area contributed by atoms with Gasteiger partial charge in [0.15, 0.2) is 0 Å². The van der Waals surface area contributed by atoms with E-state index in [1.165, 1.54) is 0 Å². The third-order valence-electron chi connectivity index (χ3n) is 3.28. The summed E-state index contributed by atoms with van der Waals surface area (Å²) in [5.41, 5.74) is 8.30. The molecule has 0 spiro atoms. The zero-order chi connectivity index (χ0) is 14.9. The van der Waals surface area contributed by atoms with Crippen molar-refractivity contribution in [3.05, 3.63) is 49.0 Å². The molecule has 22 heavy (non-hydrogen) atoms. The SMILES string of the molecule is Nc1nccc(Nc2cc(-c3ccco3)c3[nH]ncc3c2)n1. The van der Waals surface area contributed by atoms with Gasteiger partial charge >= 0.3 is 0 Å². The number of aromatic nitrogens is 4. The second-order valence-corrected chi connectivity index (χ2v) is 4.76. The van der Waals surface area contributed by atoms with Gasteiger partial charge in [0.1, 0.15) is 11.6 Å². The predicted octanol–water partition coefficient (Wildman–Crippen LogP) is 2.94. The molecule has 3 heterocycles. The molecule has 7 nitrogen and oxygen atoms in total. The summed E-state index contributed by atoms with van der Waals surface area (Å²) < 4.78 is 5.50. The van der Waals surface area contributed by atoms with Crippen molar-refractivity contribution < 1.29 is 4.42 Å². The van der Waals surface area contributed by atoms with Gasteiger partial charge in [-0.2, -0.15) is 10.1 Å². The van der Waals surface area contributed by atoms with Crippen molar-refractivity contribution in [3.63, 3.8) is 0 Å². The van der Waals surface area contributed by atoms with E-state index in [9.17, 15) is 0 Å². The van der Waals surface area contributed by atoms with E-state index in [4.69, 9.17) is 10.2 Å². The second kappa shape index (κ2) is 4.88. The normalized spacial score (nSPS) is 10.9. The van der Waals surface area contributed by atoms with Crippen LogP contribution in [-0.2, 0) is 0 Å². The second-order valence-electron chi connectivity index (χ2n) is 4.76. The van der Waals surface area contributed by atoms with Gasteiger partial charge in [-0.15, -0.1) is 0 Å². The highest BCUT2D eigenvalue weighted by Gasteiger charge is 2.11. The number of aromatic amines is 1. The van der Waals surface area contributed by atoms with E-state index in [0.29, 0.717) is 5.82 Å². The summed E-state index contributed by atoms with van der Waals surface area (Å²) in [5, 5.41) is 11.3. The molecule has 108 valence electrons. The van der Waals surface area contributed by atoms with Gasteiger partial charge in [0, 0.05) is 22.8 Å². The Kier molecular flexibility index (Phi) is 2.75. The van der Waals surface area contributed by atoms with Crippen molar-refractivity contribution in [2.24, 2.45) is 0 Å². The van der Waals surface area contributed by atoms with Crippen LogP contribution in [0.2, 0.25) is 0 Å². The number of anilines is 3. The zero-order valence-electron chi connectivity index (χ0n) is 11.4. The summed E-state index contributed by atoms with van der Waals surface area (Å²) >= 11 is 0. The van der Waals surface area contributed by atoms with Crippen LogP contribution in [0.4, 0.5) is 17.5 Å². The molecule has 4 aromatic rings. The molecule has 0 saturated heterocycles. The van der Waals surface area contributed by atoms with Crippen LogP contribution in [0, 0.1) is 0 Å². The Hall–Kier alpha value is -3.35. The molecule has 0 aliphatic carbocycles. The van der Waals surface area contributed by atoms with Gasteiger partial charge in [-0.25, -0.2) is 4.98 Å². The van der Waals surface area contributed by atoms with E-state index in [1.807, 2.05) is 24.3 Å². The standard InChI is InChI=1S/C15H12N6O/c16-15-17-4-3-13(20-15)19-10-6-9-8-18-21-14(9)11(7-10)12-2-1-5-22-12/h1-8H,(H,18,21)(H3,16,17,19,20).